The van der Waals surface area contributed by atoms with Crippen LogP contribution < -0.4 is 10.6 Å². The van der Waals surface area contributed by atoms with Crippen molar-refractivity contribution >= 4 is 37.1 Å². The normalized spacial score (nSPS) is 13.8. The summed E-state index contributed by atoms with van der Waals surface area (Å²) in [7, 11) is 0. The number of hydrogen-bond donors (Lipinski definition) is 2. The maximum absolute atomic E-state index is 12.8. The number of nitrogens with two attached hydrogens (primary N) is 1. The van der Waals surface area contributed by atoms with Gasteiger partial charge in [-0.1, -0.05) is 0 Å². The van der Waals surface area contributed by atoms with Gasteiger partial charge in [-0.2, -0.15) is 13.2 Å². The molecule has 0 saturated heterocycles. The van der Waals surface area contributed by atoms with E-state index in [0.29, 0.717) is 5.32 Å². The summed E-state index contributed by atoms with van der Waals surface area (Å²) in [5.74, 6) is -1.77. The van der Waals surface area contributed by atoms with Crippen molar-refractivity contribution in [2.75, 3.05) is 4.90 Å². The van der Waals surface area contributed by atoms with E-state index in [9.17, 15) is 22.8 Å². The number of fused-ring (bicyclic) bond motifs is 1. The second kappa shape index (κ2) is 7.17. The standard InChI is InChI=1S/C18H14F3N3O2Se/c19-18(20,21)12-5-6-14-13(7-12)15(25)16(26)24(14)8-10-1-3-11(4-2-10)9-27-17(22)23/h1-7H,8-9H2,(H3,22,23). The van der Waals surface area contributed by atoms with E-state index in [4.69, 9.17) is 11.1 Å². The molecule has 0 unspecified atom stereocenters. The van der Waals surface area contributed by atoms with Crippen LogP contribution in [0.25, 0.3) is 0 Å². The van der Waals surface area contributed by atoms with E-state index in [1.165, 1.54) is 4.90 Å². The molecule has 0 spiro atoms. The minimum atomic E-state index is -4.58. The van der Waals surface area contributed by atoms with E-state index >= 15 is 0 Å². The molecule has 9 heteroatoms. The van der Waals surface area contributed by atoms with Crippen LogP contribution in [0.15, 0.2) is 42.5 Å². The second-order valence-corrected chi connectivity index (χ2v) is 8.05. The molecule has 0 atom stereocenters. The van der Waals surface area contributed by atoms with Crippen LogP contribution in [0.1, 0.15) is 27.0 Å². The molecule has 0 aliphatic carbocycles. The number of amides is 1. The number of carbonyl (C=O) groups excluding carboxylic acids is 2. The number of Topliss-reactive ketones (excluding diaryl/α,β-unsaturated/α-hetero) is 1. The monoisotopic (exact) mass is 441 g/mol. The van der Waals surface area contributed by atoms with Crippen molar-refractivity contribution < 1.29 is 22.8 Å². The third-order valence-corrected chi connectivity index (χ3v) is 5.71. The molecule has 0 fully saturated rings. The van der Waals surface area contributed by atoms with Crippen LogP contribution in [0.4, 0.5) is 18.9 Å². The molecule has 5 nitrogen and oxygen atoms in total. The van der Waals surface area contributed by atoms with Crippen LogP contribution in [0.5, 0.6) is 0 Å². The molecular formula is C18H14F3N3O2Se. The molecule has 27 heavy (non-hydrogen) atoms. The number of rotatable bonds is 5. The zero-order valence-electron chi connectivity index (χ0n) is 13.8. The first kappa shape index (κ1) is 19.1. The topological polar surface area (TPSA) is 87.2 Å². The van der Waals surface area contributed by atoms with Gasteiger partial charge in [-0.3, -0.25) is 0 Å². The third kappa shape index (κ3) is 4.04. The predicted molar refractivity (Wildman–Crippen MR) is 94.8 cm³/mol. The summed E-state index contributed by atoms with van der Waals surface area (Å²) in [5, 5.41) is 7.93. The van der Waals surface area contributed by atoms with E-state index < -0.39 is 23.4 Å². The Bertz CT molecular complexity index is 926. The summed E-state index contributed by atoms with van der Waals surface area (Å²) in [4.78, 5) is 25.5. The summed E-state index contributed by atoms with van der Waals surface area (Å²) < 4.78 is 38.7. The molecule has 1 aliphatic heterocycles. The molecule has 0 radical (unpaired) electrons. The van der Waals surface area contributed by atoms with Gasteiger partial charge in [-0.05, 0) is 0 Å². The average Bonchev–Trinajstić information content (AvgIpc) is 2.85. The fourth-order valence-electron chi connectivity index (χ4n) is 2.72. The number of benzene rings is 2. The Kier molecular flexibility index (Phi) is 5.08. The summed E-state index contributed by atoms with van der Waals surface area (Å²) in [6, 6.07) is 10.0. The van der Waals surface area contributed by atoms with Gasteiger partial charge in [0.25, 0.3) is 0 Å². The summed E-state index contributed by atoms with van der Waals surface area (Å²) >= 11 is -0.117. The second-order valence-electron chi connectivity index (χ2n) is 5.92. The van der Waals surface area contributed by atoms with Crippen LogP contribution in [0.3, 0.4) is 0 Å². The van der Waals surface area contributed by atoms with E-state index in [0.717, 1.165) is 29.3 Å². The van der Waals surface area contributed by atoms with Crippen molar-refractivity contribution in [3.8, 4) is 0 Å². The Labute approximate surface area is 159 Å². The number of halogens is 3. The van der Waals surface area contributed by atoms with Crippen molar-refractivity contribution in [1.29, 1.82) is 5.41 Å². The molecular weight excluding hydrogens is 426 g/mol. The summed E-state index contributed by atoms with van der Waals surface area (Å²) in [6.07, 6.45) is -4.58. The van der Waals surface area contributed by atoms with Gasteiger partial charge in [0.2, 0.25) is 0 Å². The van der Waals surface area contributed by atoms with E-state index in [1.807, 2.05) is 12.1 Å². The van der Waals surface area contributed by atoms with Gasteiger partial charge in [0.15, 0.2) is 0 Å². The number of nitrogens with zero attached hydrogens (tertiary/aromatic N) is 1. The zero-order chi connectivity index (χ0) is 19.8. The molecule has 3 N–H and O–H groups in total. The molecule has 0 bridgehead atoms. The van der Waals surface area contributed by atoms with Crippen molar-refractivity contribution in [1.82, 2.24) is 0 Å². The summed E-state index contributed by atoms with van der Waals surface area (Å²) in [6.45, 7) is 0.0844. The van der Waals surface area contributed by atoms with Crippen LogP contribution >= 0.6 is 0 Å². The van der Waals surface area contributed by atoms with Crippen LogP contribution in [0, 0.1) is 5.41 Å². The number of alkyl halides is 3. The maximum atomic E-state index is 12.8. The van der Waals surface area contributed by atoms with E-state index in [-0.39, 0.29) is 37.5 Å². The Morgan fingerprint density at radius 2 is 1.70 bits per heavy atom. The summed E-state index contributed by atoms with van der Waals surface area (Å²) in [5.41, 5.74) is 6.09. The molecule has 1 aliphatic rings. The first-order valence-corrected chi connectivity index (χ1v) is 9.85. The predicted octanol–water partition coefficient (Wildman–Crippen LogP) is 2.53. The van der Waals surface area contributed by atoms with E-state index in [2.05, 4.69) is 0 Å². The van der Waals surface area contributed by atoms with Gasteiger partial charge < -0.3 is 0 Å². The molecule has 2 aromatic carbocycles. The fraction of sp³-hybridized carbons (Fsp3) is 0.167. The fourth-order valence-corrected chi connectivity index (χ4v) is 3.80. The number of amidine groups is 1. The molecule has 0 saturated carbocycles. The number of ketones is 1. The van der Waals surface area contributed by atoms with Gasteiger partial charge in [-0.15, -0.1) is 0 Å². The van der Waals surface area contributed by atoms with Crippen LogP contribution in [0.2, 0.25) is 0 Å². The van der Waals surface area contributed by atoms with Gasteiger partial charge in [0, 0.05) is 0 Å². The minimum absolute atomic E-state index is 0.0844. The van der Waals surface area contributed by atoms with Crippen LogP contribution in [-0.2, 0) is 22.8 Å². The third-order valence-electron chi connectivity index (χ3n) is 4.06. The Morgan fingerprint density at radius 3 is 2.30 bits per heavy atom. The van der Waals surface area contributed by atoms with Gasteiger partial charge >= 0.3 is 145 Å². The zero-order valence-corrected chi connectivity index (χ0v) is 15.6. The van der Waals surface area contributed by atoms with Crippen molar-refractivity contribution in [3.05, 3.63) is 64.7 Å². The number of hydrogen-bond acceptors (Lipinski definition) is 3. The number of carbonyl (C=O) groups is 2. The van der Waals surface area contributed by atoms with Gasteiger partial charge in [0.05, 0.1) is 0 Å². The van der Waals surface area contributed by atoms with Crippen molar-refractivity contribution in [2.45, 2.75) is 18.0 Å². The van der Waals surface area contributed by atoms with Crippen molar-refractivity contribution in [2.24, 2.45) is 5.73 Å². The molecule has 2 aromatic rings. The van der Waals surface area contributed by atoms with Crippen molar-refractivity contribution in [3.63, 3.8) is 0 Å². The van der Waals surface area contributed by atoms with Gasteiger partial charge in [-0.25, -0.2) is 0 Å². The molecule has 1 heterocycles. The van der Waals surface area contributed by atoms with Crippen LogP contribution in [-0.4, -0.2) is 31.4 Å². The average molecular weight is 440 g/mol. The Balaban J connectivity index is 1.82. The molecule has 3 rings (SSSR count). The van der Waals surface area contributed by atoms with E-state index in [1.54, 1.807) is 12.1 Å². The molecule has 140 valence electrons. The Hall–Kier alpha value is -2.64. The first-order valence-electron chi connectivity index (χ1n) is 7.79. The SMILES string of the molecule is N=C(N)[Se]Cc1ccc(CN2C(=O)C(=O)c3cc(C(F)(F)F)ccc32)cc1. The number of nitrogens with one attached hydrogen (secondary N) is 1. The molecule has 0 aromatic heterocycles. The van der Waals surface area contributed by atoms with Gasteiger partial charge in [0.1, 0.15) is 0 Å². The first-order chi connectivity index (χ1) is 12.7. The Morgan fingerprint density at radius 1 is 1.07 bits per heavy atom. The number of anilines is 1. The molecule has 1 amide bonds. The quantitative estimate of drug-likeness (QED) is 0.324.